The summed E-state index contributed by atoms with van der Waals surface area (Å²) in [7, 11) is 0. The van der Waals surface area contributed by atoms with Gasteiger partial charge in [-0.05, 0) is 18.6 Å². The Morgan fingerprint density at radius 1 is 1.50 bits per heavy atom. The van der Waals surface area contributed by atoms with E-state index in [4.69, 9.17) is 5.11 Å². The molecule has 0 fully saturated rings. The third-order valence-electron chi connectivity index (χ3n) is 2.35. The lowest BCUT2D eigenvalue weighted by molar-refractivity contribution is -0.116. The van der Waals surface area contributed by atoms with Crippen LogP contribution in [0.15, 0.2) is 18.3 Å². The molecule has 0 unspecified atom stereocenters. The summed E-state index contributed by atoms with van der Waals surface area (Å²) in [6, 6.07) is 3.43. The Morgan fingerprint density at radius 2 is 2.33 bits per heavy atom. The van der Waals surface area contributed by atoms with Crippen molar-refractivity contribution >= 4 is 11.7 Å². The number of carbonyl (C=O) groups is 1. The molecule has 4 nitrogen and oxygen atoms in total. The summed E-state index contributed by atoms with van der Waals surface area (Å²) < 4.78 is 0. The summed E-state index contributed by atoms with van der Waals surface area (Å²) in [6.45, 7) is 1.92. The standard InChI is InChI=1S/C14H18N2O2/c1-2-3-4-7-14(18)16-13-11-12(6-5-10-17)8-9-15-13/h8-9,11,17H,2-4,7,10H2,1H3,(H,15,16,18). The number of unbranched alkanes of at least 4 members (excludes halogenated alkanes) is 2. The Hall–Kier alpha value is -1.86. The van der Waals surface area contributed by atoms with Crippen LogP contribution in [0.2, 0.25) is 0 Å². The molecule has 1 rings (SSSR count). The van der Waals surface area contributed by atoms with E-state index in [1.807, 2.05) is 0 Å². The fourth-order valence-corrected chi connectivity index (χ4v) is 1.46. The first-order valence-electron chi connectivity index (χ1n) is 6.12. The summed E-state index contributed by atoms with van der Waals surface area (Å²) in [5.74, 6) is 5.80. The zero-order chi connectivity index (χ0) is 13.2. The van der Waals surface area contributed by atoms with Crippen LogP contribution >= 0.6 is 0 Å². The van der Waals surface area contributed by atoms with Crippen LogP contribution in [0.25, 0.3) is 0 Å². The van der Waals surface area contributed by atoms with Gasteiger partial charge in [-0.1, -0.05) is 31.6 Å². The molecule has 18 heavy (non-hydrogen) atoms. The van der Waals surface area contributed by atoms with Gasteiger partial charge < -0.3 is 10.4 Å². The van der Waals surface area contributed by atoms with Crippen molar-refractivity contribution in [2.75, 3.05) is 11.9 Å². The van der Waals surface area contributed by atoms with Crippen molar-refractivity contribution in [3.63, 3.8) is 0 Å². The van der Waals surface area contributed by atoms with E-state index in [2.05, 4.69) is 29.1 Å². The molecule has 0 atom stereocenters. The first-order chi connectivity index (χ1) is 8.76. The van der Waals surface area contributed by atoms with E-state index in [-0.39, 0.29) is 12.5 Å². The van der Waals surface area contributed by atoms with Gasteiger partial charge in [0.1, 0.15) is 12.4 Å². The Balaban J connectivity index is 2.53. The topological polar surface area (TPSA) is 62.2 Å². The van der Waals surface area contributed by atoms with Gasteiger partial charge in [0.15, 0.2) is 0 Å². The monoisotopic (exact) mass is 246 g/mol. The fraction of sp³-hybridized carbons (Fsp3) is 0.429. The second kappa shape index (κ2) is 8.26. The van der Waals surface area contributed by atoms with Crippen LogP contribution in [-0.2, 0) is 4.79 Å². The zero-order valence-corrected chi connectivity index (χ0v) is 10.6. The largest absolute Gasteiger partial charge is 0.384 e. The van der Waals surface area contributed by atoms with Crippen LogP contribution in [0.3, 0.4) is 0 Å². The molecular formula is C14H18N2O2. The number of aliphatic hydroxyl groups is 1. The second-order valence-electron chi connectivity index (χ2n) is 3.89. The smallest absolute Gasteiger partial charge is 0.225 e. The maximum Gasteiger partial charge on any atom is 0.225 e. The fourth-order valence-electron chi connectivity index (χ4n) is 1.46. The molecule has 2 N–H and O–H groups in total. The highest BCUT2D eigenvalue weighted by atomic mass is 16.2. The molecule has 96 valence electrons. The number of hydrogen-bond acceptors (Lipinski definition) is 3. The molecule has 0 aliphatic heterocycles. The molecule has 1 aromatic heterocycles. The number of carbonyl (C=O) groups excluding carboxylic acids is 1. The van der Waals surface area contributed by atoms with Gasteiger partial charge in [-0.25, -0.2) is 4.98 Å². The second-order valence-corrected chi connectivity index (χ2v) is 3.89. The number of rotatable bonds is 5. The minimum absolute atomic E-state index is 0.0248. The van der Waals surface area contributed by atoms with E-state index in [1.165, 1.54) is 0 Å². The lowest BCUT2D eigenvalue weighted by atomic mass is 10.2. The molecule has 0 saturated carbocycles. The van der Waals surface area contributed by atoms with Crippen LogP contribution < -0.4 is 5.32 Å². The van der Waals surface area contributed by atoms with E-state index in [0.29, 0.717) is 12.2 Å². The average Bonchev–Trinajstić information content (AvgIpc) is 2.37. The third-order valence-corrected chi connectivity index (χ3v) is 2.35. The Kier molecular flexibility index (Phi) is 6.52. The Bertz CT molecular complexity index is 447. The van der Waals surface area contributed by atoms with Crippen molar-refractivity contribution in [2.24, 2.45) is 0 Å². The van der Waals surface area contributed by atoms with E-state index in [9.17, 15) is 4.79 Å². The molecule has 0 saturated heterocycles. The van der Waals surface area contributed by atoms with Gasteiger partial charge in [0.2, 0.25) is 5.91 Å². The minimum Gasteiger partial charge on any atom is -0.384 e. The number of pyridine rings is 1. The van der Waals surface area contributed by atoms with Crippen molar-refractivity contribution in [3.8, 4) is 11.8 Å². The van der Waals surface area contributed by atoms with Crippen LogP contribution in [0.5, 0.6) is 0 Å². The van der Waals surface area contributed by atoms with Crippen molar-refractivity contribution < 1.29 is 9.90 Å². The normalized spacial score (nSPS) is 9.44. The number of nitrogens with one attached hydrogen (secondary N) is 1. The van der Waals surface area contributed by atoms with Gasteiger partial charge in [-0.3, -0.25) is 4.79 Å². The molecule has 0 radical (unpaired) electrons. The quantitative estimate of drug-likeness (QED) is 0.616. The number of anilines is 1. The average molecular weight is 246 g/mol. The minimum atomic E-state index is -0.180. The Labute approximate surface area is 107 Å². The predicted molar refractivity (Wildman–Crippen MR) is 71.0 cm³/mol. The summed E-state index contributed by atoms with van der Waals surface area (Å²) in [4.78, 5) is 15.6. The summed E-state index contributed by atoms with van der Waals surface area (Å²) in [5, 5.41) is 11.3. The molecule has 0 bridgehead atoms. The molecule has 0 spiro atoms. The SMILES string of the molecule is CCCCCC(=O)Nc1cc(C#CCO)ccn1. The van der Waals surface area contributed by atoms with Gasteiger partial charge in [0.25, 0.3) is 0 Å². The molecule has 1 amide bonds. The highest BCUT2D eigenvalue weighted by Crippen LogP contribution is 2.07. The van der Waals surface area contributed by atoms with E-state index in [1.54, 1.807) is 18.3 Å². The van der Waals surface area contributed by atoms with Crippen LogP contribution in [-0.4, -0.2) is 22.6 Å². The highest BCUT2D eigenvalue weighted by Gasteiger charge is 2.02. The van der Waals surface area contributed by atoms with Crippen LogP contribution in [0.1, 0.15) is 38.2 Å². The third kappa shape index (κ3) is 5.46. The van der Waals surface area contributed by atoms with Crippen LogP contribution in [0, 0.1) is 11.8 Å². The van der Waals surface area contributed by atoms with Gasteiger partial charge in [-0.2, -0.15) is 0 Å². The molecule has 0 aliphatic carbocycles. The molecule has 0 aromatic carbocycles. The summed E-state index contributed by atoms with van der Waals surface area (Å²) >= 11 is 0. The van der Waals surface area contributed by atoms with Crippen molar-refractivity contribution in [3.05, 3.63) is 23.9 Å². The number of aliphatic hydroxyl groups excluding tert-OH is 1. The number of aromatic nitrogens is 1. The van der Waals surface area contributed by atoms with E-state index >= 15 is 0 Å². The van der Waals surface area contributed by atoms with E-state index < -0.39 is 0 Å². The lowest BCUT2D eigenvalue weighted by Crippen LogP contribution is -2.12. The molecule has 1 aromatic rings. The first-order valence-corrected chi connectivity index (χ1v) is 6.12. The van der Waals surface area contributed by atoms with Crippen molar-refractivity contribution in [1.82, 2.24) is 4.98 Å². The molecule has 1 heterocycles. The van der Waals surface area contributed by atoms with Gasteiger partial charge in [-0.15, -0.1) is 0 Å². The molecular weight excluding hydrogens is 228 g/mol. The van der Waals surface area contributed by atoms with Gasteiger partial charge in [0, 0.05) is 18.2 Å². The lowest BCUT2D eigenvalue weighted by Gasteiger charge is -2.04. The Morgan fingerprint density at radius 3 is 3.06 bits per heavy atom. The molecule has 0 aliphatic rings. The van der Waals surface area contributed by atoms with Crippen LogP contribution in [0.4, 0.5) is 5.82 Å². The van der Waals surface area contributed by atoms with E-state index in [0.717, 1.165) is 24.8 Å². The number of amides is 1. The number of hydrogen-bond donors (Lipinski definition) is 2. The number of nitrogens with zero attached hydrogens (tertiary/aromatic N) is 1. The highest BCUT2D eigenvalue weighted by molar-refractivity contribution is 5.89. The maximum atomic E-state index is 11.6. The predicted octanol–water partition coefficient (Wildman–Crippen LogP) is 1.94. The first kappa shape index (κ1) is 14.2. The van der Waals surface area contributed by atoms with Crippen molar-refractivity contribution in [1.29, 1.82) is 0 Å². The summed E-state index contributed by atoms with van der Waals surface area (Å²) in [5.41, 5.74) is 0.725. The zero-order valence-electron chi connectivity index (χ0n) is 10.6. The summed E-state index contributed by atoms with van der Waals surface area (Å²) in [6.07, 6.45) is 5.15. The van der Waals surface area contributed by atoms with Crippen molar-refractivity contribution in [2.45, 2.75) is 32.6 Å². The van der Waals surface area contributed by atoms with Gasteiger partial charge in [0.05, 0.1) is 0 Å². The maximum absolute atomic E-state index is 11.6. The molecule has 4 heteroatoms. The van der Waals surface area contributed by atoms with Gasteiger partial charge >= 0.3 is 0 Å².